The average molecular weight is 232 g/mol. The van der Waals surface area contributed by atoms with Gasteiger partial charge < -0.3 is 5.32 Å². The second-order valence-electron chi connectivity index (χ2n) is 4.25. The van der Waals surface area contributed by atoms with Gasteiger partial charge >= 0.3 is 0 Å². The zero-order valence-corrected chi connectivity index (χ0v) is 10.1. The molecule has 4 heteroatoms. The molecule has 1 aliphatic heterocycles. The van der Waals surface area contributed by atoms with E-state index < -0.39 is 6.04 Å². The maximum atomic E-state index is 11.7. The number of amides is 2. The summed E-state index contributed by atoms with van der Waals surface area (Å²) in [5.41, 5.74) is 2.10. The highest BCUT2D eigenvalue weighted by Crippen LogP contribution is 2.18. The van der Waals surface area contributed by atoms with Crippen molar-refractivity contribution in [2.24, 2.45) is 0 Å². The molecule has 1 aliphatic rings. The fraction of sp³-hybridized carbons (Fsp3) is 0.385. The summed E-state index contributed by atoms with van der Waals surface area (Å²) in [6.07, 6.45) is 1.19. The highest BCUT2D eigenvalue weighted by molar-refractivity contribution is 6.06. The number of rotatable bonds is 3. The minimum atomic E-state index is -0.417. The van der Waals surface area contributed by atoms with Gasteiger partial charge in [0.15, 0.2) is 0 Å². The van der Waals surface area contributed by atoms with Crippen LogP contribution in [0.4, 0.5) is 5.69 Å². The predicted molar refractivity (Wildman–Crippen MR) is 65.6 cm³/mol. The maximum absolute atomic E-state index is 11.7. The Morgan fingerprint density at radius 1 is 1.41 bits per heavy atom. The summed E-state index contributed by atoms with van der Waals surface area (Å²) in [5, 5.41) is 3.11. The first-order valence-electron chi connectivity index (χ1n) is 5.77. The van der Waals surface area contributed by atoms with Crippen molar-refractivity contribution in [1.29, 1.82) is 0 Å². The molecule has 0 radical (unpaired) electrons. The third-order valence-electron chi connectivity index (χ3n) is 3.06. The van der Waals surface area contributed by atoms with Crippen molar-refractivity contribution in [2.45, 2.75) is 25.8 Å². The van der Waals surface area contributed by atoms with E-state index in [4.69, 9.17) is 0 Å². The van der Waals surface area contributed by atoms with Gasteiger partial charge in [-0.2, -0.15) is 0 Å². The number of hydrogen-bond donors (Lipinski definition) is 1. The van der Waals surface area contributed by atoms with Crippen LogP contribution >= 0.6 is 0 Å². The number of anilines is 1. The van der Waals surface area contributed by atoms with E-state index in [0.29, 0.717) is 0 Å². The maximum Gasteiger partial charge on any atom is 0.251 e. The molecule has 1 saturated heterocycles. The second kappa shape index (κ2) is 4.57. The lowest BCUT2D eigenvalue weighted by Gasteiger charge is -2.13. The summed E-state index contributed by atoms with van der Waals surface area (Å²) < 4.78 is 0. The Labute approximate surface area is 101 Å². The van der Waals surface area contributed by atoms with Gasteiger partial charge in [-0.25, -0.2) is 0 Å². The van der Waals surface area contributed by atoms with Gasteiger partial charge in [0, 0.05) is 12.7 Å². The summed E-state index contributed by atoms with van der Waals surface area (Å²) in [6, 6.07) is 7.50. The van der Waals surface area contributed by atoms with Crippen molar-refractivity contribution in [3.8, 4) is 0 Å². The molecule has 17 heavy (non-hydrogen) atoms. The van der Waals surface area contributed by atoms with Crippen LogP contribution in [0.15, 0.2) is 24.3 Å². The van der Waals surface area contributed by atoms with E-state index in [1.807, 2.05) is 24.3 Å². The number of hydrogen-bond acceptors (Lipinski definition) is 3. The Bertz CT molecular complexity index is 456. The largest absolute Gasteiger partial charge is 0.373 e. The molecule has 4 nitrogen and oxygen atoms in total. The molecule has 2 rings (SSSR count). The smallest absolute Gasteiger partial charge is 0.251 e. The van der Waals surface area contributed by atoms with Gasteiger partial charge in [-0.05, 0) is 24.1 Å². The molecule has 0 aromatic heterocycles. The Kier molecular flexibility index (Phi) is 3.13. The lowest BCUT2D eigenvalue weighted by atomic mass is 10.1. The van der Waals surface area contributed by atoms with E-state index in [1.165, 1.54) is 17.5 Å². The van der Waals surface area contributed by atoms with Crippen molar-refractivity contribution >= 4 is 17.5 Å². The quantitative estimate of drug-likeness (QED) is 0.802. The van der Waals surface area contributed by atoms with Gasteiger partial charge in [0.05, 0.1) is 6.42 Å². The molecular formula is C13H16N2O2. The molecule has 1 N–H and O–H groups in total. The minimum Gasteiger partial charge on any atom is -0.373 e. The number of aryl methyl sites for hydroxylation is 1. The van der Waals surface area contributed by atoms with Crippen LogP contribution in [0.3, 0.4) is 0 Å². The molecule has 1 aromatic rings. The number of carbonyl (C=O) groups excluding carboxylic acids is 2. The molecule has 1 fully saturated rings. The summed E-state index contributed by atoms with van der Waals surface area (Å²) in [7, 11) is 1.52. The zero-order chi connectivity index (χ0) is 12.4. The van der Waals surface area contributed by atoms with Gasteiger partial charge in [-0.1, -0.05) is 19.1 Å². The first kappa shape index (κ1) is 11.6. The number of carbonyl (C=O) groups is 2. The molecule has 1 unspecified atom stereocenters. The zero-order valence-electron chi connectivity index (χ0n) is 10.1. The summed E-state index contributed by atoms with van der Waals surface area (Å²) in [6.45, 7) is 2.08. The third-order valence-corrected chi connectivity index (χ3v) is 3.06. The van der Waals surface area contributed by atoms with E-state index in [-0.39, 0.29) is 18.2 Å². The molecule has 90 valence electrons. The van der Waals surface area contributed by atoms with Crippen LogP contribution in [-0.4, -0.2) is 29.8 Å². The molecule has 2 amide bonds. The number of likely N-dealkylation sites (N-methyl/N-ethyl adjacent to an activating group) is 1. The monoisotopic (exact) mass is 232 g/mol. The highest BCUT2D eigenvalue weighted by atomic mass is 16.2. The van der Waals surface area contributed by atoms with E-state index in [0.717, 1.165) is 12.1 Å². The Balaban J connectivity index is 2.11. The van der Waals surface area contributed by atoms with E-state index in [1.54, 1.807) is 0 Å². The molecular weight excluding hydrogens is 216 g/mol. The van der Waals surface area contributed by atoms with Crippen LogP contribution in [0.2, 0.25) is 0 Å². The van der Waals surface area contributed by atoms with Crippen molar-refractivity contribution < 1.29 is 9.59 Å². The van der Waals surface area contributed by atoms with Crippen molar-refractivity contribution in [3.05, 3.63) is 29.8 Å². The van der Waals surface area contributed by atoms with E-state index in [9.17, 15) is 9.59 Å². The van der Waals surface area contributed by atoms with Crippen molar-refractivity contribution in [1.82, 2.24) is 4.90 Å². The van der Waals surface area contributed by atoms with E-state index >= 15 is 0 Å². The first-order valence-corrected chi connectivity index (χ1v) is 5.77. The lowest BCUT2D eigenvalue weighted by molar-refractivity contribution is -0.136. The Morgan fingerprint density at radius 3 is 2.76 bits per heavy atom. The van der Waals surface area contributed by atoms with Crippen molar-refractivity contribution in [2.75, 3.05) is 12.4 Å². The molecule has 1 aromatic carbocycles. The normalized spacial score (nSPS) is 19.9. The van der Waals surface area contributed by atoms with Crippen LogP contribution in [-0.2, 0) is 16.0 Å². The number of nitrogens with one attached hydrogen (secondary N) is 1. The van der Waals surface area contributed by atoms with Crippen LogP contribution in [0.1, 0.15) is 18.9 Å². The molecule has 0 aliphatic carbocycles. The number of imide groups is 1. The molecule has 0 spiro atoms. The predicted octanol–water partition coefficient (Wildman–Crippen LogP) is 1.42. The topological polar surface area (TPSA) is 49.4 Å². The van der Waals surface area contributed by atoms with Gasteiger partial charge in [-0.3, -0.25) is 14.5 Å². The fourth-order valence-electron chi connectivity index (χ4n) is 1.95. The van der Waals surface area contributed by atoms with Crippen LogP contribution in [0, 0.1) is 0 Å². The van der Waals surface area contributed by atoms with Gasteiger partial charge in [0.2, 0.25) is 5.91 Å². The van der Waals surface area contributed by atoms with Gasteiger partial charge in [0.1, 0.15) is 6.04 Å². The Hall–Kier alpha value is -1.84. The first-order chi connectivity index (χ1) is 8.11. The van der Waals surface area contributed by atoms with Crippen LogP contribution in [0.25, 0.3) is 0 Å². The second-order valence-corrected chi connectivity index (χ2v) is 4.25. The summed E-state index contributed by atoms with van der Waals surface area (Å²) >= 11 is 0. The fourth-order valence-corrected chi connectivity index (χ4v) is 1.95. The molecule has 0 bridgehead atoms. The van der Waals surface area contributed by atoms with E-state index in [2.05, 4.69) is 12.2 Å². The highest BCUT2D eigenvalue weighted by Gasteiger charge is 2.35. The summed E-state index contributed by atoms with van der Waals surface area (Å²) in [5.74, 6) is -0.281. The Morgan fingerprint density at radius 2 is 2.18 bits per heavy atom. The number of benzene rings is 1. The molecule has 0 saturated carbocycles. The molecule has 1 atom stereocenters. The number of likely N-dealkylation sites (tertiary alicyclic amines) is 1. The summed E-state index contributed by atoms with van der Waals surface area (Å²) in [4.78, 5) is 24.3. The number of nitrogens with zero attached hydrogens (tertiary/aromatic N) is 1. The third kappa shape index (κ3) is 2.30. The molecule has 1 heterocycles. The van der Waals surface area contributed by atoms with Crippen LogP contribution in [0.5, 0.6) is 0 Å². The standard InChI is InChI=1S/C13H16N2O2/c1-3-9-5-4-6-10(7-9)14-11-8-12(16)15(2)13(11)17/h4-7,11,14H,3,8H2,1-2H3. The van der Waals surface area contributed by atoms with Gasteiger partial charge in [-0.15, -0.1) is 0 Å². The SMILES string of the molecule is CCc1cccc(NC2CC(=O)N(C)C2=O)c1. The van der Waals surface area contributed by atoms with Crippen molar-refractivity contribution in [3.63, 3.8) is 0 Å². The van der Waals surface area contributed by atoms with Gasteiger partial charge in [0.25, 0.3) is 5.91 Å². The van der Waals surface area contributed by atoms with Crippen LogP contribution < -0.4 is 5.32 Å². The minimum absolute atomic E-state index is 0.126. The average Bonchev–Trinajstić information content (AvgIpc) is 2.57. The lowest BCUT2D eigenvalue weighted by Crippen LogP contribution is -2.31.